The molecule has 0 saturated carbocycles. The summed E-state index contributed by atoms with van der Waals surface area (Å²) in [6.07, 6.45) is 2.91. The third kappa shape index (κ3) is 6.08. The van der Waals surface area contributed by atoms with Gasteiger partial charge in [-0.25, -0.2) is 4.79 Å². The van der Waals surface area contributed by atoms with Crippen molar-refractivity contribution in [2.75, 3.05) is 0 Å². The molecular weight excluding hydrogens is 282 g/mol. The van der Waals surface area contributed by atoms with Crippen LogP contribution >= 0.6 is 0 Å². The maximum Gasteiger partial charge on any atom is 0.408 e. The van der Waals surface area contributed by atoms with E-state index in [9.17, 15) is 9.59 Å². The minimum Gasteiger partial charge on any atom is -0.460 e. The minimum atomic E-state index is -0.551. The van der Waals surface area contributed by atoms with E-state index in [1.165, 1.54) is 0 Å². The third-order valence-corrected chi connectivity index (χ3v) is 3.45. The van der Waals surface area contributed by atoms with E-state index in [2.05, 4.69) is 25.7 Å². The molecule has 3 atom stereocenters. The van der Waals surface area contributed by atoms with Crippen LogP contribution in [0.1, 0.15) is 53.9 Å². The van der Waals surface area contributed by atoms with Crippen LogP contribution in [-0.4, -0.2) is 29.8 Å². The molecule has 1 aliphatic rings. The highest BCUT2D eigenvalue weighted by Gasteiger charge is 2.39. The number of carbonyl (C=O) groups excluding carboxylic acids is 2. The van der Waals surface area contributed by atoms with E-state index in [1.807, 2.05) is 20.8 Å². The molecule has 0 aromatic carbocycles. The van der Waals surface area contributed by atoms with Gasteiger partial charge in [-0.2, -0.15) is 0 Å². The second-order valence-corrected chi connectivity index (χ2v) is 7.31. The van der Waals surface area contributed by atoms with E-state index < -0.39 is 11.7 Å². The van der Waals surface area contributed by atoms with Crippen molar-refractivity contribution in [1.29, 1.82) is 0 Å². The summed E-state index contributed by atoms with van der Waals surface area (Å²) < 4.78 is 10.8. The van der Waals surface area contributed by atoms with Gasteiger partial charge in [-0.1, -0.05) is 19.9 Å². The van der Waals surface area contributed by atoms with Gasteiger partial charge in [0, 0.05) is 0 Å². The predicted octanol–water partition coefficient (Wildman–Crippen LogP) is 3.43. The Hall–Kier alpha value is -1.52. The highest BCUT2D eigenvalue weighted by Crippen LogP contribution is 2.28. The number of allylic oxidation sites excluding steroid dienone is 1. The fraction of sp³-hybridized carbons (Fsp3) is 0.765. The van der Waals surface area contributed by atoms with Crippen LogP contribution < -0.4 is 5.32 Å². The van der Waals surface area contributed by atoms with Crippen molar-refractivity contribution >= 4 is 12.1 Å². The number of esters is 1. The smallest absolute Gasteiger partial charge is 0.408 e. The summed E-state index contributed by atoms with van der Waals surface area (Å²) in [6, 6.07) is -0.228. The van der Waals surface area contributed by atoms with Crippen LogP contribution in [0.5, 0.6) is 0 Å². The van der Waals surface area contributed by atoms with Gasteiger partial charge in [0.15, 0.2) is 0 Å². The summed E-state index contributed by atoms with van der Waals surface area (Å²) >= 11 is 0. The first-order valence-electron chi connectivity index (χ1n) is 7.93. The third-order valence-electron chi connectivity index (χ3n) is 3.45. The van der Waals surface area contributed by atoms with Crippen molar-refractivity contribution < 1.29 is 19.1 Å². The minimum absolute atomic E-state index is 0.155. The van der Waals surface area contributed by atoms with Gasteiger partial charge in [0.05, 0.1) is 12.0 Å². The highest BCUT2D eigenvalue weighted by molar-refractivity contribution is 5.75. The molecule has 1 saturated heterocycles. The van der Waals surface area contributed by atoms with Crippen LogP contribution in [0, 0.1) is 11.8 Å². The number of ether oxygens (including phenoxy) is 2. The average Bonchev–Trinajstić information content (AvgIpc) is 2.67. The summed E-state index contributed by atoms with van der Waals surface area (Å²) in [5.74, 6) is 0.0133. The zero-order chi connectivity index (χ0) is 16.9. The molecule has 22 heavy (non-hydrogen) atoms. The molecule has 1 rings (SSSR count). The first-order valence-corrected chi connectivity index (χ1v) is 7.93. The van der Waals surface area contributed by atoms with Crippen LogP contribution in [0.15, 0.2) is 12.7 Å². The van der Waals surface area contributed by atoms with Gasteiger partial charge in [0.1, 0.15) is 11.7 Å². The molecule has 0 bridgehead atoms. The number of hydrogen-bond acceptors (Lipinski definition) is 4. The van der Waals surface area contributed by atoms with Gasteiger partial charge in [-0.05, 0) is 46.0 Å². The van der Waals surface area contributed by atoms with Crippen LogP contribution in [0.4, 0.5) is 4.79 Å². The van der Waals surface area contributed by atoms with Crippen LogP contribution in [0.2, 0.25) is 0 Å². The molecule has 0 aromatic rings. The summed E-state index contributed by atoms with van der Waals surface area (Å²) in [4.78, 5) is 23.9. The van der Waals surface area contributed by atoms with Crippen molar-refractivity contribution in [3.63, 3.8) is 0 Å². The molecule has 126 valence electrons. The SMILES string of the molecule is C=CCC1C[C@@H]([C@H](CC(C)C)NC(=O)OC(C)(C)C)OC1=O. The molecule has 5 heteroatoms. The summed E-state index contributed by atoms with van der Waals surface area (Å²) in [6.45, 7) is 13.3. The number of hydrogen-bond donors (Lipinski definition) is 1. The Kier molecular flexibility index (Phi) is 6.45. The van der Waals surface area contributed by atoms with Crippen LogP contribution in [0.25, 0.3) is 0 Å². The van der Waals surface area contributed by atoms with E-state index in [-0.39, 0.29) is 24.0 Å². The fourth-order valence-electron chi connectivity index (χ4n) is 2.58. The van der Waals surface area contributed by atoms with E-state index in [4.69, 9.17) is 9.47 Å². The van der Waals surface area contributed by atoms with Gasteiger partial charge in [0.25, 0.3) is 0 Å². The van der Waals surface area contributed by atoms with Gasteiger partial charge >= 0.3 is 12.1 Å². The maximum absolute atomic E-state index is 12.0. The van der Waals surface area contributed by atoms with Crippen LogP contribution in [0.3, 0.4) is 0 Å². The molecule has 0 spiro atoms. The van der Waals surface area contributed by atoms with Gasteiger partial charge in [-0.3, -0.25) is 4.79 Å². The van der Waals surface area contributed by atoms with Crippen molar-refractivity contribution in [2.45, 2.75) is 71.6 Å². The van der Waals surface area contributed by atoms with Crippen LogP contribution in [-0.2, 0) is 14.3 Å². The highest BCUT2D eigenvalue weighted by atomic mass is 16.6. The molecule has 5 nitrogen and oxygen atoms in total. The van der Waals surface area contributed by atoms with E-state index >= 15 is 0 Å². The molecule has 1 aliphatic heterocycles. The lowest BCUT2D eigenvalue weighted by atomic mass is 9.93. The number of alkyl carbamates (subject to hydrolysis) is 1. The van der Waals surface area contributed by atoms with E-state index in [0.717, 1.165) is 6.42 Å². The Morgan fingerprint density at radius 1 is 1.50 bits per heavy atom. The Balaban J connectivity index is 2.71. The quantitative estimate of drug-likeness (QED) is 0.603. The van der Waals surface area contributed by atoms with Crippen molar-refractivity contribution in [1.82, 2.24) is 5.32 Å². The summed E-state index contributed by atoms with van der Waals surface area (Å²) in [7, 11) is 0. The zero-order valence-corrected chi connectivity index (χ0v) is 14.3. The van der Waals surface area contributed by atoms with Gasteiger partial charge in [0.2, 0.25) is 0 Å². The number of cyclic esters (lactones) is 1. The van der Waals surface area contributed by atoms with Crippen molar-refractivity contribution in [2.24, 2.45) is 11.8 Å². The first kappa shape index (κ1) is 18.5. The van der Waals surface area contributed by atoms with E-state index in [1.54, 1.807) is 6.08 Å². The van der Waals surface area contributed by atoms with Crippen molar-refractivity contribution in [3.8, 4) is 0 Å². The normalized spacial score (nSPS) is 23.1. The molecule has 1 unspecified atom stereocenters. The zero-order valence-electron chi connectivity index (χ0n) is 14.3. The molecule has 1 amide bonds. The Bertz CT molecular complexity index is 411. The lowest BCUT2D eigenvalue weighted by molar-refractivity contribution is -0.145. The summed E-state index contributed by atoms with van der Waals surface area (Å²) in [5, 5.41) is 2.87. The second-order valence-electron chi connectivity index (χ2n) is 7.31. The molecule has 0 aliphatic carbocycles. The van der Waals surface area contributed by atoms with Gasteiger partial charge in [-0.15, -0.1) is 6.58 Å². The Labute approximate surface area is 133 Å². The maximum atomic E-state index is 12.0. The van der Waals surface area contributed by atoms with Crippen molar-refractivity contribution in [3.05, 3.63) is 12.7 Å². The molecule has 0 aromatic heterocycles. The molecule has 1 fully saturated rings. The predicted molar refractivity (Wildman–Crippen MR) is 85.4 cm³/mol. The topological polar surface area (TPSA) is 64.6 Å². The summed E-state index contributed by atoms with van der Waals surface area (Å²) in [5.41, 5.74) is -0.551. The largest absolute Gasteiger partial charge is 0.460 e. The number of amides is 1. The number of rotatable bonds is 6. The lowest BCUT2D eigenvalue weighted by Gasteiger charge is -2.27. The molecular formula is C17H29NO4. The first-order chi connectivity index (χ1) is 10.1. The fourth-order valence-corrected chi connectivity index (χ4v) is 2.58. The molecule has 1 heterocycles. The second kappa shape index (κ2) is 7.65. The number of nitrogens with one attached hydrogen (secondary N) is 1. The molecule has 1 N–H and O–H groups in total. The monoisotopic (exact) mass is 311 g/mol. The Morgan fingerprint density at radius 2 is 2.14 bits per heavy atom. The molecule has 0 radical (unpaired) electrons. The number of carbonyl (C=O) groups is 2. The average molecular weight is 311 g/mol. The lowest BCUT2D eigenvalue weighted by Crippen LogP contribution is -2.46. The standard InChI is InChI=1S/C17H29NO4/c1-7-8-12-10-14(21-15(12)19)13(9-11(2)3)18-16(20)22-17(4,5)6/h7,11-14H,1,8-10H2,2-6H3,(H,18,20)/t12?,13-,14-/m0/s1. The Morgan fingerprint density at radius 3 is 2.64 bits per heavy atom. The van der Waals surface area contributed by atoms with E-state index in [0.29, 0.717) is 18.8 Å². The van der Waals surface area contributed by atoms with Gasteiger partial charge < -0.3 is 14.8 Å².